The molecule has 0 aromatic heterocycles. The van der Waals surface area contributed by atoms with Crippen LogP contribution in [0.1, 0.15) is 17.5 Å². The lowest BCUT2D eigenvalue weighted by atomic mass is 10.1. The fraction of sp³-hybridized carbons (Fsp3) is 0.143. The van der Waals surface area contributed by atoms with Crippen LogP contribution in [0.15, 0.2) is 48.6 Å². The van der Waals surface area contributed by atoms with Gasteiger partial charge < -0.3 is 19.7 Å². The molecule has 0 saturated carbocycles. The molecule has 2 aromatic rings. The minimum absolute atomic E-state index is 0.0335. The number of carbonyl (C=O) groups excluding carboxylic acids is 2. The number of aromatic hydroxyl groups is 2. The van der Waals surface area contributed by atoms with Gasteiger partial charge in [0.2, 0.25) is 0 Å². The fourth-order valence-corrected chi connectivity index (χ4v) is 2.37. The van der Waals surface area contributed by atoms with E-state index in [1.54, 1.807) is 24.3 Å². The predicted octanol–water partition coefficient (Wildman–Crippen LogP) is 3.37. The summed E-state index contributed by atoms with van der Waals surface area (Å²) in [4.78, 5) is 23.9. The van der Waals surface area contributed by atoms with Crippen LogP contribution in [0.4, 0.5) is 0 Å². The third-order valence-corrected chi connectivity index (χ3v) is 3.69. The molecule has 6 nitrogen and oxygen atoms in total. The summed E-state index contributed by atoms with van der Waals surface area (Å²) in [5, 5.41) is 19.4. The molecule has 0 radical (unpaired) electrons. The van der Waals surface area contributed by atoms with Crippen LogP contribution in [0.5, 0.6) is 23.0 Å². The van der Waals surface area contributed by atoms with Gasteiger partial charge in [-0.15, -0.1) is 0 Å². The normalized spacial score (nSPS) is 11.0. The van der Waals surface area contributed by atoms with E-state index in [9.17, 15) is 19.8 Å². The number of rotatable bonds is 8. The van der Waals surface area contributed by atoms with E-state index in [4.69, 9.17) is 9.47 Å². The Morgan fingerprint density at radius 3 is 2.26 bits per heavy atom. The van der Waals surface area contributed by atoms with E-state index in [-0.39, 0.29) is 35.2 Å². The first-order valence-electron chi connectivity index (χ1n) is 8.09. The van der Waals surface area contributed by atoms with Gasteiger partial charge in [-0.3, -0.25) is 9.59 Å². The van der Waals surface area contributed by atoms with Crippen molar-refractivity contribution in [2.24, 2.45) is 0 Å². The average molecular weight is 368 g/mol. The highest BCUT2D eigenvalue weighted by Gasteiger charge is 2.07. The standard InChI is InChI=1S/C21H20O6/c1-26-20-11-7-14(12-19(20)25)6-9-16(22)13-17(23)10-8-15-4-3-5-18(24)21(15)27-2/h3-12,24-25H,13H2,1-2H3. The Morgan fingerprint density at radius 1 is 0.926 bits per heavy atom. The molecule has 0 unspecified atom stereocenters. The Hall–Kier alpha value is -3.54. The number of phenolic OH excluding ortho intramolecular Hbond substituents is 2. The zero-order valence-corrected chi connectivity index (χ0v) is 15.0. The van der Waals surface area contributed by atoms with Crippen LogP contribution in [-0.4, -0.2) is 36.0 Å². The Morgan fingerprint density at radius 2 is 1.63 bits per heavy atom. The lowest BCUT2D eigenvalue weighted by Gasteiger charge is -2.06. The molecule has 0 saturated heterocycles. The first-order valence-corrected chi connectivity index (χ1v) is 8.09. The second-order valence-electron chi connectivity index (χ2n) is 5.61. The monoisotopic (exact) mass is 368 g/mol. The number of para-hydroxylation sites is 1. The van der Waals surface area contributed by atoms with Crippen LogP contribution < -0.4 is 9.47 Å². The molecule has 0 heterocycles. The third kappa shape index (κ3) is 5.47. The number of ether oxygens (including phenoxy) is 2. The topological polar surface area (TPSA) is 93.1 Å². The van der Waals surface area contributed by atoms with E-state index < -0.39 is 0 Å². The second kappa shape index (κ2) is 9.24. The lowest BCUT2D eigenvalue weighted by Crippen LogP contribution is -2.02. The smallest absolute Gasteiger partial charge is 0.167 e. The molecule has 0 aliphatic heterocycles. The van der Waals surface area contributed by atoms with Crippen molar-refractivity contribution >= 4 is 23.7 Å². The van der Waals surface area contributed by atoms with Gasteiger partial charge in [-0.1, -0.05) is 24.3 Å². The van der Waals surface area contributed by atoms with Gasteiger partial charge in [0.15, 0.2) is 34.6 Å². The molecule has 0 bridgehead atoms. The fourth-order valence-electron chi connectivity index (χ4n) is 2.37. The van der Waals surface area contributed by atoms with Gasteiger partial charge in [-0.25, -0.2) is 0 Å². The van der Waals surface area contributed by atoms with Gasteiger partial charge in [0, 0.05) is 5.56 Å². The molecule has 0 aliphatic rings. The molecule has 0 spiro atoms. The molecule has 2 rings (SSSR count). The summed E-state index contributed by atoms with van der Waals surface area (Å²) in [6.07, 6.45) is 5.25. The molecular weight excluding hydrogens is 348 g/mol. The minimum Gasteiger partial charge on any atom is -0.504 e. The molecule has 0 aliphatic carbocycles. The second-order valence-corrected chi connectivity index (χ2v) is 5.61. The molecule has 2 aromatic carbocycles. The van der Waals surface area contributed by atoms with E-state index in [0.717, 1.165) is 0 Å². The zero-order valence-electron chi connectivity index (χ0n) is 15.0. The van der Waals surface area contributed by atoms with E-state index in [1.807, 2.05) is 0 Å². The number of methoxy groups -OCH3 is 2. The number of hydrogen-bond donors (Lipinski definition) is 2. The summed E-state index contributed by atoms with van der Waals surface area (Å²) in [5.74, 6) is -0.233. The van der Waals surface area contributed by atoms with E-state index in [2.05, 4.69) is 0 Å². The Bertz CT molecular complexity index is 896. The molecule has 0 amide bonds. The van der Waals surface area contributed by atoms with Crippen LogP contribution in [0.25, 0.3) is 12.2 Å². The van der Waals surface area contributed by atoms with Gasteiger partial charge in [0.1, 0.15) is 0 Å². The SMILES string of the molecule is COc1ccc(C=CC(=O)CC(=O)C=Cc2cccc(O)c2OC)cc1O. The molecule has 0 atom stereocenters. The van der Waals surface area contributed by atoms with Gasteiger partial charge in [-0.2, -0.15) is 0 Å². The van der Waals surface area contributed by atoms with E-state index in [1.165, 1.54) is 50.7 Å². The zero-order chi connectivity index (χ0) is 19.8. The van der Waals surface area contributed by atoms with Crippen molar-refractivity contribution in [3.05, 3.63) is 59.7 Å². The molecule has 27 heavy (non-hydrogen) atoms. The van der Waals surface area contributed by atoms with Gasteiger partial charge in [-0.05, 0) is 42.0 Å². The summed E-state index contributed by atoms with van der Waals surface area (Å²) in [6, 6.07) is 9.50. The average Bonchev–Trinajstić information content (AvgIpc) is 2.65. The van der Waals surface area contributed by atoms with Crippen molar-refractivity contribution in [2.45, 2.75) is 6.42 Å². The number of ketones is 2. The van der Waals surface area contributed by atoms with Crippen molar-refractivity contribution in [3.63, 3.8) is 0 Å². The highest BCUT2D eigenvalue weighted by Crippen LogP contribution is 2.30. The minimum atomic E-state index is -0.382. The number of benzene rings is 2. The van der Waals surface area contributed by atoms with Crippen LogP contribution in [0.2, 0.25) is 0 Å². The largest absolute Gasteiger partial charge is 0.504 e. The van der Waals surface area contributed by atoms with E-state index >= 15 is 0 Å². The maximum absolute atomic E-state index is 12.0. The van der Waals surface area contributed by atoms with Crippen LogP contribution in [-0.2, 0) is 9.59 Å². The Kier molecular flexibility index (Phi) is 6.77. The van der Waals surface area contributed by atoms with Crippen molar-refractivity contribution in [2.75, 3.05) is 14.2 Å². The maximum Gasteiger partial charge on any atom is 0.167 e. The number of allylic oxidation sites excluding steroid dienone is 2. The van der Waals surface area contributed by atoms with Gasteiger partial charge >= 0.3 is 0 Å². The van der Waals surface area contributed by atoms with Gasteiger partial charge in [0.05, 0.1) is 20.6 Å². The van der Waals surface area contributed by atoms with E-state index in [0.29, 0.717) is 16.9 Å². The summed E-state index contributed by atoms with van der Waals surface area (Å²) in [6.45, 7) is 0. The third-order valence-electron chi connectivity index (χ3n) is 3.69. The van der Waals surface area contributed by atoms with Crippen molar-refractivity contribution in [1.82, 2.24) is 0 Å². The summed E-state index contributed by atoms with van der Waals surface area (Å²) in [5.41, 5.74) is 1.14. The quantitative estimate of drug-likeness (QED) is 0.548. The van der Waals surface area contributed by atoms with Crippen molar-refractivity contribution in [3.8, 4) is 23.0 Å². The Balaban J connectivity index is 1.98. The molecule has 0 fully saturated rings. The van der Waals surface area contributed by atoms with Crippen LogP contribution >= 0.6 is 0 Å². The molecule has 2 N–H and O–H groups in total. The van der Waals surface area contributed by atoms with Crippen LogP contribution in [0, 0.1) is 0 Å². The van der Waals surface area contributed by atoms with Crippen LogP contribution in [0.3, 0.4) is 0 Å². The molecule has 6 heteroatoms. The summed E-state index contributed by atoms with van der Waals surface area (Å²) >= 11 is 0. The Labute approximate surface area is 157 Å². The summed E-state index contributed by atoms with van der Waals surface area (Å²) < 4.78 is 10.0. The first kappa shape index (κ1) is 19.8. The summed E-state index contributed by atoms with van der Waals surface area (Å²) in [7, 11) is 2.86. The number of hydrogen-bond acceptors (Lipinski definition) is 6. The lowest BCUT2D eigenvalue weighted by molar-refractivity contribution is -0.121. The van der Waals surface area contributed by atoms with Gasteiger partial charge in [0.25, 0.3) is 0 Å². The number of carbonyl (C=O) groups is 2. The molecule has 140 valence electrons. The van der Waals surface area contributed by atoms with Crippen molar-refractivity contribution < 1.29 is 29.3 Å². The molecular formula is C21H20O6. The number of phenols is 2. The highest BCUT2D eigenvalue weighted by molar-refractivity contribution is 6.11. The maximum atomic E-state index is 12.0. The predicted molar refractivity (Wildman–Crippen MR) is 102 cm³/mol. The first-order chi connectivity index (χ1) is 12.9. The van der Waals surface area contributed by atoms with Crippen molar-refractivity contribution in [1.29, 1.82) is 0 Å². The highest BCUT2D eigenvalue weighted by atomic mass is 16.5.